The summed E-state index contributed by atoms with van der Waals surface area (Å²) in [4.78, 5) is 8.24. The lowest BCUT2D eigenvalue weighted by Gasteiger charge is -2.00. The van der Waals surface area contributed by atoms with Crippen LogP contribution in [0.5, 0.6) is 0 Å². The number of rotatable bonds is 1. The molecule has 0 N–H and O–H groups in total. The normalized spacial score (nSPS) is 10.1. The predicted molar refractivity (Wildman–Crippen MR) is 62.9 cm³/mol. The van der Waals surface area contributed by atoms with Crippen molar-refractivity contribution >= 4 is 31.9 Å². The second kappa shape index (κ2) is 4.19. The summed E-state index contributed by atoms with van der Waals surface area (Å²) in [6, 6.07) is 9.89. The summed E-state index contributed by atoms with van der Waals surface area (Å²) in [6.45, 7) is 0. The fourth-order valence-electron chi connectivity index (χ4n) is 1.12. The number of aromatic nitrogens is 2. The summed E-state index contributed by atoms with van der Waals surface area (Å²) in [6.07, 6.45) is 1.73. The van der Waals surface area contributed by atoms with Gasteiger partial charge < -0.3 is 0 Å². The molecule has 0 bridgehead atoms. The molecule has 0 saturated heterocycles. The highest BCUT2D eigenvalue weighted by Gasteiger charge is 1.99. The van der Waals surface area contributed by atoms with E-state index in [0.717, 1.165) is 15.7 Å². The molecule has 0 amide bonds. The predicted octanol–water partition coefficient (Wildman–Crippen LogP) is 3.67. The SMILES string of the molecule is Brc1ccc(-c2ccnc(Br)n2)cc1. The first-order chi connectivity index (χ1) is 6.75. The lowest BCUT2D eigenvalue weighted by atomic mass is 10.1. The molecule has 70 valence electrons. The first-order valence-corrected chi connectivity index (χ1v) is 5.59. The molecule has 14 heavy (non-hydrogen) atoms. The van der Waals surface area contributed by atoms with E-state index in [1.165, 1.54) is 0 Å². The van der Waals surface area contributed by atoms with Gasteiger partial charge >= 0.3 is 0 Å². The Morgan fingerprint density at radius 3 is 2.29 bits per heavy atom. The highest BCUT2D eigenvalue weighted by atomic mass is 79.9. The first kappa shape index (κ1) is 9.80. The second-order valence-corrected chi connectivity index (χ2v) is 4.34. The van der Waals surface area contributed by atoms with Crippen molar-refractivity contribution in [2.24, 2.45) is 0 Å². The van der Waals surface area contributed by atoms with E-state index in [-0.39, 0.29) is 0 Å². The molecule has 0 fully saturated rings. The average molecular weight is 314 g/mol. The number of hydrogen-bond donors (Lipinski definition) is 0. The fourth-order valence-corrected chi connectivity index (χ4v) is 1.69. The van der Waals surface area contributed by atoms with Crippen LogP contribution in [0.15, 0.2) is 45.7 Å². The zero-order valence-corrected chi connectivity index (χ0v) is 10.3. The van der Waals surface area contributed by atoms with Crippen LogP contribution in [0.4, 0.5) is 0 Å². The number of hydrogen-bond acceptors (Lipinski definition) is 2. The molecule has 2 nitrogen and oxygen atoms in total. The molecule has 0 radical (unpaired) electrons. The zero-order valence-electron chi connectivity index (χ0n) is 7.11. The Balaban J connectivity index is 2.44. The molecule has 0 aliphatic rings. The molecule has 0 atom stereocenters. The summed E-state index contributed by atoms with van der Waals surface area (Å²) >= 11 is 6.63. The average Bonchev–Trinajstić information content (AvgIpc) is 2.19. The highest BCUT2D eigenvalue weighted by molar-refractivity contribution is 9.10. The van der Waals surface area contributed by atoms with Gasteiger partial charge in [-0.05, 0) is 34.1 Å². The quantitative estimate of drug-likeness (QED) is 0.751. The van der Waals surface area contributed by atoms with Gasteiger partial charge in [0.25, 0.3) is 0 Å². The molecule has 0 aliphatic heterocycles. The van der Waals surface area contributed by atoms with Crippen LogP contribution in [0.2, 0.25) is 0 Å². The minimum Gasteiger partial charge on any atom is -0.231 e. The molecular weight excluding hydrogens is 308 g/mol. The van der Waals surface area contributed by atoms with Gasteiger partial charge in [0, 0.05) is 16.2 Å². The van der Waals surface area contributed by atoms with Crippen LogP contribution in [-0.2, 0) is 0 Å². The van der Waals surface area contributed by atoms with E-state index in [4.69, 9.17) is 0 Å². The largest absolute Gasteiger partial charge is 0.231 e. The number of halogens is 2. The third kappa shape index (κ3) is 2.19. The third-order valence-electron chi connectivity index (χ3n) is 1.77. The van der Waals surface area contributed by atoms with Gasteiger partial charge in [0.2, 0.25) is 0 Å². The molecule has 2 rings (SSSR count). The molecule has 1 aromatic heterocycles. The van der Waals surface area contributed by atoms with Crippen molar-refractivity contribution in [2.75, 3.05) is 0 Å². The maximum Gasteiger partial charge on any atom is 0.197 e. The molecule has 0 aliphatic carbocycles. The van der Waals surface area contributed by atoms with Crippen LogP contribution in [0, 0.1) is 0 Å². The monoisotopic (exact) mass is 312 g/mol. The summed E-state index contributed by atoms with van der Waals surface area (Å²) < 4.78 is 1.67. The van der Waals surface area contributed by atoms with Crippen LogP contribution in [0.3, 0.4) is 0 Å². The molecule has 1 heterocycles. The number of benzene rings is 1. The summed E-state index contributed by atoms with van der Waals surface area (Å²) in [7, 11) is 0. The van der Waals surface area contributed by atoms with Crippen molar-refractivity contribution in [3.05, 3.63) is 45.7 Å². The molecule has 4 heteroatoms. The van der Waals surface area contributed by atoms with Crippen molar-refractivity contribution < 1.29 is 0 Å². The van der Waals surface area contributed by atoms with E-state index in [9.17, 15) is 0 Å². The van der Waals surface area contributed by atoms with E-state index < -0.39 is 0 Å². The molecule has 0 spiro atoms. The van der Waals surface area contributed by atoms with Gasteiger partial charge in [-0.1, -0.05) is 28.1 Å². The van der Waals surface area contributed by atoms with Crippen LogP contribution >= 0.6 is 31.9 Å². The van der Waals surface area contributed by atoms with Gasteiger partial charge in [-0.25, -0.2) is 9.97 Å². The minimum atomic E-state index is 0.609. The lowest BCUT2D eigenvalue weighted by Crippen LogP contribution is -1.86. The van der Waals surface area contributed by atoms with Gasteiger partial charge in [0.15, 0.2) is 4.73 Å². The maximum atomic E-state index is 4.26. The van der Waals surface area contributed by atoms with Crippen molar-refractivity contribution in [2.45, 2.75) is 0 Å². The molecular formula is C10H6Br2N2. The Kier molecular flexibility index (Phi) is 2.93. The van der Waals surface area contributed by atoms with Crippen LogP contribution in [0.25, 0.3) is 11.3 Å². The Labute approximate surface area is 98.7 Å². The number of nitrogens with zero attached hydrogens (tertiary/aromatic N) is 2. The van der Waals surface area contributed by atoms with Crippen LogP contribution in [-0.4, -0.2) is 9.97 Å². The smallest absolute Gasteiger partial charge is 0.197 e. The van der Waals surface area contributed by atoms with E-state index >= 15 is 0 Å². The Bertz CT molecular complexity index is 440. The van der Waals surface area contributed by atoms with Crippen molar-refractivity contribution in [3.8, 4) is 11.3 Å². The van der Waals surface area contributed by atoms with E-state index in [1.807, 2.05) is 30.3 Å². The van der Waals surface area contributed by atoms with Gasteiger partial charge in [-0.15, -0.1) is 0 Å². The summed E-state index contributed by atoms with van der Waals surface area (Å²) in [5.41, 5.74) is 2.00. The van der Waals surface area contributed by atoms with Gasteiger partial charge in [0.05, 0.1) is 5.69 Å². The molecule has 2 aromatic rings. The van der Waals surface area contributed by atoms with Crippen molar-refractivity contribution in [1.29, 1.82) is 0 Å². The van der Waals surface area contributed by atoms with E-state index in [0.29, 0.717) is 4.73 Å². The highest BCUT2D eigenvalue weighted by Crippen LogP contribution is 2.20. The Morgan fingerprint density at radius 1 is 0.929 bits per heavy atom. The van der Waals surface area contributed by atoms with Crippen LogP contribution in [0.1, 0.15) is 0 Å². The Morgan fingerprint density at radius 2 is 1.64 bits per heavy atom. The van der Waals surface area contributed by atoms with Gasteiger partial charge in [-0.2, -0.15) is 0 Å². The minimum absolute atomic E-state index is 0.609. The summed E-state index contributed by atoms with van der Waals surface area (Å²) in [5.74, 6) is 0. The van der Waals surface area contributed by atoms with Crippen molar-refractivity contribution in [3.63, 3.8) is 0 Å². The van der Waals surface area contributed by atoms with Crippen molar-refractivity contribution in [1.82, 2.24) is 9.97 Å². The molecule has 0 saturated carbocycles. The third-order valence-corrected chi connectivity index (χ3v) is 2.68. The van der Waals surface area contributed by atoms with E-state index in [2.05, 4.69) is 41.8 Å². The van der Waals surface area contributed by atoms with Crippen LogP contribution < -0.4 is 0 Å². The molecule has 1 aromatic carbocycles. The standard InChI is InChI=1S/C10H6Br2N2/c11-8-3-1-7(2-4-8)9-5-6-13-10(12)14-9/h1-6H. The second-order valence-electron chi connectivity index (χ2n) is 2.72. The van der Waals surface area contributed by atoms with Gasteiger partial charge in [-0.3, -0.25) is 0 Å². The van der Waals surface area contributed by atoms with E-state index in [1.54, 1.807) is 6.20 Å². The summed E-state index contributed by atoms with van der Waals surface area (Å²) in [5, 5.41) is 0. The topological polar surface area (TPSA) is 25.8 Å². The maximum absolute atomic E-state index is 4.26. The Hall–Kier alpha value is -0.740. The molecule has 0 unspecified atom stereocenters. The first-order valence-electron chi connectivity index (χ1n) is 4.00. The fraction of sp³-hybridized carbons (Fsp3) is 0. The lowest BCUT2D eigenvalue weighted by molar-refractivity contribution is 1.12. The zero-order chi connectivity index (χ0) is 9.97. The van der Waals surface area contributed by atoms with Gasteiger partial charge in [0.1, 0.15) is 0 Å².